The van der Waals surface area contributed by atoms with Gasteiger partial charge in [0.1, 0.15) is 11.6 Å². The molecule has 2 nitrogen and oxygen atoms in total. The van der Waals surface area contributed by atoms with Crippen LogP contribution < -0.4 is 0 Å². The molecular formula is C52H38F2N2. The summed E-state index contributed by atoms with van der Waals surface area (Å²) in [5, 5.41) is 0. The van der Waals surface area contributed by atoms with Gasteiger partial charge in [-0.05, 0) is 112 Å². The maximum Gasteiger partial charge on any atom is 0.123 e. The van der Waals surface area contributed by atoms with Crippen LogP contribution in [0, 0.1) is 37.8 Å². The second-order valence-corrected chi connectivity index (χ2v) is 14.1. The Bertz CT molecular complexity index is 2690. The van der Waals surface area contributed by atoms with Gasteiger partial charge < -0.3 is 0 Å². The second-order valence-electron chi connectivity index (χ2n) is 14.1. The lowest BCUT2D eigenvalue weighted by Gasteiger charge is -2.19. The lowest BCUT2D eigenvalue weighted by Crippen LogP contribution is -2.04. The number of nitrogens with zero attached hydrogens (tertiary/aromatic N) is 2. The van der Waals surface area contributed by atoms with Gasteiger partial charge in [-0.3, -0.25) is 9.97 Å². The molecule has 8 aromatic rings. The summed E-state index contributed by atoms with van der Waals surface area (Å²) in [7, 11) is 0. The summed E-state index contributed by atoms with van der Waals surface area (Å²) in [4.78, 5) is 9.51. The molecule has 0 N–H and O–H groups in total. The van der Waals surface area contributed by atoms with Crippen LogP contribution in [-0.4, -0.2) is 9.97 Å². The minimum Gasteiger partial charge on any atom is -0.256 e. The number of aromatic nitrogens is 2. The molecule has 1 unspecified atom stereocenters. The SMILES string of the molecule is C#CC(Cc1ccccc1-c1ccc(-c2cc(C)c(-c3ccc(F)cc3)cn2)cc1)c1ccccc1-c1ccc(-c2cc(C)c(-c3ccc(F)cc3)cn2)cc1. The van der Waals surface area contributed by atoms with Crippen LogP contribution in [0.25, 0.3) is 67.0 Å². The molecule has 2 heterocycles. The molecule has 0 bridgehead atoms. The molecule has 2 aromatic heterocycles. The molecule has 0 aliphatic rings. The number of benzene rings is 6. The number of halogens is 2. The van der Waals surface area contributed by atoms with Crippen LogP contribution in [0.15, 0.2) is 170 Å². The molecule has 6 aromatic carbocycles. The van der Waals surface area contributed by atoms with Crippen molar-refractivity contribution in [2.75, 3.05) is 0 Å². The predicted molar refractivity (Wildman–Crippen MR) is 226 cm³/mol. The zero-order valence-electron chi connectivity index (χ0n) is 31.2. The molecule has 56 heavy (non-hydrogen) atoms. The Labute approximate surface area is 327 Å². The number of aryl methyl sites for hydroxylation is 2. The summed E-state index contributed by atoms with van der Waals surface area (Å²) in [5.41, 5.74) is 16.5. The highest BCUT2D eigenvalue weighted by molar-refractivity contribution is 5.76. The molecule has 0 spiro atoms. The van der Waals surface area contributed by atoms with E-state index in [4.69, 9.17) is 16.4 Å². The smallest absolute Gasteiger partial charge is 0.123 e. The number of hydrogen-bond acceptors (Lipinski definition) is 2. The molecular weight excluding hydrogens is 691 g/mol. The molecule has 0 amide bonds. The van der Waals surface area contributed by atoms with Crippen molar-refractivity contribution in [3.63, 3.8) is 0 Å². The van der Waals surface area contributed by atoms with E-state index in [-0.39, 0.29) is 17.6 Å². The number of rotatable bonds is 9. The molecule has 4 heteroatoms. The Morgan fingerprint density at radius 1 is 0.482 bits per heavy atom. The van der Waals surface area contributed by atoms with Crippen molar-refractivity contribution in [1.82, 2.24) is 9.97 Å². The van der Waals surface area contributed by atoms with Crippen molar-refractivity contribution >= 4 is 0 Å². The zero-order chi connectivity index (χ0) is 38.6. The van der Waals surface area contributed by atoms with E-state index in [9.17, 15) is 8.78 Å². The van der Waals surface area contributed by atoms with Gasteiger partial charge >= 0.3 is 0 Å². The van der Waals surface area contributed by atoms with Gasteiger partial charge in [-0.1, -0.05) is 127 Å². The third-order valence-electron chi connectivity index (χ3n) is 10.5. The fourth-order valence-electron chi connectivity index (χ4n) is 7.45. The van der Waals surface area contributed by atoms with Crippen molar-refractivity contribution in [2.24, 2.45) is 0 Å². The normalized spacial score (nSPS) is 11.6. The van der Waals surface area contributed by atoms with Gasteiger partial charge in [-0.25, -0.2) is 8.78 Å². The first-order chi connectivity index (χ1) is 27.3. The van der Waals surface area contributed by atoms with Gasteiger partial charge in [-0.15, -0.1) is 6.42 Å². The maximum atomic E-state index is 13.5. The van der Waals surface area contributed by atoms with E-state index in [0.29, 0.717) is 6.42 Å². The average molecular weight is 729 g/mol. The fourth-order valence-corrected chi connectivity index (χ4v) is 7.45. The molecule has 1 atom stereocenters. The molecule has 0 saturated carbocycles. The van der Waals surface area contributed by atoms with E-state index < -0.39 is 0 Å². The third kappa shape index (κ3) is 7.53. The van der Waals surface area contributed by atoms with Crippen molar-refractivity contribution in [3.05, 3.63) is 204 Å². The van der Waals surface area contributed by atoms with E-state index in [1.165, 1.54) is 29.8 Å². The van der Waals surface area contributed by atoms with Gasteiger partial charge in [0.25, 0.3) is 0 Å². The highest BCUT2D eigenvalue weighted by atomic mass is 19.1. The molecule has 8 rings (SSSR count). The molecule has 0 saturated heterocycles. The van der Waals surface area contributed by atoms with E-state index in [2.05, 4.69) is 129 Å². The first-order valence-corrected chi connectivity index (χ1v) is 18.6. The first-order valence-electron chi connectivity index (χ1n) is 18.6. The zero-order valence-corrected chi connectivity index (χ0v) is 31.2. The molecule has 270 valence electrons. The maximum absolute atomic E-state index is 13.5. The van der Waals surface area contributed by atoms with Crippen molar-refractivity contribution in [1.29, 1.82) is 0 Å². The van der Waals surface area contributed by atoms with Crippen LogP contribution in [-0.2, 0) is 6.42 Å². The number of hydrogen-bond donors (Lipinski definition) is 0. The molecule has 0 radical (unpaired) electrons. The van der Waals surface area contributed by atoms with Gasteiger partial charge in [0.05, 0.1) is 11.4 Å². The second kappa shape index (κ2) is 15.8. The Morgan fingerprint density at radius 2 is 0.875 bits per heavy atom. The monoisotopic (exact) mass is 728 g/mol. The van der Waals surface area contributed by atoms with E-state index in [1.807, 2.05) is 12.4 Å². The van der Waals surface area contributed by atoms with Crippen molar-refractivity contribution < 1.29 is 8.78 Å². The van der Waals surface area contributed by atoms with E-state index in [1.54, 1.807) is 24.3 Å². The first kappa shape index (κ1) is 36.0. The standard InChI is InChI=1S/C52H38F2N2/c1-4-36(47-11-7-8-12-48(47)38-15-19-42(20-16-38)52-30-35(3)50(33-56-52)40-23-27-45(54)28-24-40)31-43-9-5-6-10-46(43)37-13-17-41(18-14-37)51-29-34(2)49(32-55-51)39-21-25-44(53)26-22-39/h1,5-30,32-33,36H,31H2,2-3H3. The Hall–Kier alpha value is -6.96. The highest BCUT2D eigenvalue weighted by Crippen LogP contribution is 2.36. The van der Waals surface area contributed by atoms with Gasteiger partial charge in [0.2, 0.25) is 0 Å². The van der Waals surface area contributed by atoms with Gasteiger partial charge in [-0.2, -0.15) is 0 Å². The van der Waals surface area contributed by atoms with Crippen molar-refractivity contribution in [3.8, 4) is 79.4 Å². The fraction of sp³-hybridized carbons (Fsp3) is 0.0769. The summed E-state index contributed by atoms with van der Waals surface area (Å²) in [6.45, 7) is 4.11. The van der Waals surface area contributed by atoms with Gasteiger partial charge in [0, 0.05) is 40.6 Å². The highest BCUT2D eigenvalue weighted by Gasteiger charge is 2.18. The Balaban J connectivity index is 1.02. The largest absolute Gasteiger partial charge is 0.256 e. The average Bonchev–Trinajstić information content (AvgIpc) is 3.24. The molecule has 0 aliphatic heterocycles. The van der Waals surface area contributed by atoms with Crippen LogP contribution in [0.3, 0.4) is 0 Å². The van der Waals surface area contributed by atoms with Gasteiger partial charge in [0.15, 0.2) is 0 Å². The topological polar surface area (TPSA) is 25.8 Å². The minimum absolute atomic E-state index is 0.151. The predicted octanol–water partition coefficient (Wildman–Crippen LogP) is 13.3. The number of terminal acetylenes is 1. The summed E-state index contributed by atoms with van der Waals surface area (Å²) < 4.78 is 27.0. The summed E-state index contributed by atoms with van der Waals surface area (Å²) in [6.07, 6.45) is 10.7. The van der Waals surface area contributed by atoms with E-state index in [0.717, 1.165) is 83.7 Å². The molecule has 0 aliphatic carbocycles. The number of pyridine rings is 2. The quantitative estimate of drug-likeness (QED) is 0.138. The molecule has 0 fully saturated rings. The van der Waals surface area contributed by atoms with Crippen LogP contribution in [0.4, 0.5) is 8.78 Å². The lowest BCUT2D eigenvalue weighted by molar-refractivity contribution is 0.627. The minimum atomic E-state index is -0.254. The summed E-state index contributed by atoms with van der Waals surface area (Å²) >= 11 is 0. The van der Waals surface area contributed by atoms with E-state index >= 15 is 0 Å². The Kier molecular flexibility index (Phi) is 10.2. The lowest BCUT2D eigenvalue weighted by atomic mass is 9.84. The van der Waals surface area contributed by atoms with Crippen molar-refractivity contribution in [2.45, 2.75) is 26.2 Å². The summed E-state index contributed by atoms with van der Waals surface area (Å²) in [6, 6.07) is 51.0. The summed E-state index contributed by atoms with van der Waals surface area (Å²) in [5.74, 6) is 2.46. The van der Waals surface area contributed by atoms with Crippen LogP contribution in [0.5, 0.6) is 0 Å². The van der Waals surface area contributed by atoms with Crippen LogP contribution >= 0.6 is 0 Å². The van der Waals surface area contributed by atoms with Crippen LogP contribution in [0.1, 0.15) is 28.2 Å². The van der Waals surface area contributed by atoms with Crippen LogP contribution in [0.2, 0.25) is 0 Å². The third-order valence-corrected chi connectivity index (χ3v) is 10.5. The Morgan fingerprint density at radius 3 is 1.36 bits per heavy atom.